The number of nitrogens with zero attached hydrogens (tertiary/aromatic N) is 1. The van der Waals surface area contributed by atoms with Crippen LogP contribution in [-0.2, 0) is 13.0 Å². The van der Waals surface area contributed by atoms with Gasteiger partial charge in [-0.15, -0.1) is 0 Å². The summed E-state index contributed by atoms with van der Waals surface area (Å²) in [5.74, 6) is -0.513. The van der Waals surface area contributed by atoms with Gasteiger partial charge in [0.2, 0.25) is 0 Å². The molecule has 2 aromatic carbocycles. The van der Waals surface area contributed by atoms with E-state index in [1.54, 1.807) is 24.3 Å². The second kappa shape index (κ2) is 5.89. The lowest BCUT2D eigenvalue weighted by Gasteiger charge is -2.15. The van der Waals surface area contributed by atoms with E-state index in [1.807, 2.05) is 6.20 Å². The van der Waals surface area contributed by atoms with Crippen molar-refractivity contribution >= 4 is 10.9 Å². The molecule has 4 heteroatoms. The smallest absolute Gasteiger partial charge is 0.131 e. The lowest BCUT2D eigenvalue weighted by atomic mass is 9.99. The monoisotopic (exact) mass is 300 g/mol. The molecule has 0 bridgehead atoms. The molecule has 1 aliphatic heterocycles. The highest BCUT2D eigenvalue weighted by Gasteiger charge is 2.19. The first-order chi connectivity index (χ1) is 10.7. The summed E-state index contributed by atoms with van der Waals surface area (Å²) in [6.45, 7) is 0.906. The third kappa shape index (κ3) is 2.29. The zero-order valence-corrected chi connectivity index (χ0v) is 12.4. The van der Waals surface area contributed by atoms with Crippen LogP contribution in [0.2, 0.25) is 0 Å². The summed E-state index contributed by atoms with van der Waals surface area (Å²) in [4.78, 5) is 0. The van der Waals surface area contributed by atoms with Crippen molar-refractivity contribution in [3.05, 3.63) is 59.8 Å². The van der Waals surface area contributed by atoms with Gasteiger partial charge in [-0.1, -0.05) is 18.2 Å². The van der Waals surface area contributed by atoms with Crippen LogP contribution in [0.3, 0.4) is 0 Å². The molecule has 1 aliphatic rings. The largest absolute Gasteiger partial charge is 0.347 e. The van der Waals surface area contributed by atoms with Crippen molar-refractivity contribution in [3.63, 3.8) is 0 Å². The first-order valence-electron chi connectivity index (χ1n) is 7.38. The normalized spacial score (nSPS) is 12.9. The van der Waals surface area contributed by atoms with Gasteiger partial charge < -0.3 is 10.3 Å². The second-order valence-electron chi connectivity index (χ2n) is 5.28. The number of hydrogen-bond donors (Lipinski definition) is 1. The molecule has 0 amide bonds. The van der Waals surface area contributed by atoms with E-state index in [9.17, 15) is 8.78 Å². The van der Waals surface area contributed by atoms with Gasteiger partial charge in [0.15, 0.2) is 0 Å². The van der Waals surface area contributed by atoms with Gasteiger partial charge in [0.1, 0.15) is 11.6 Å². The standard InChI is InChI=1S/C17H13F2N.CH5N/c18-12-8-11-4-3-7-20-10-15(14(9-12)17(11)20)13-5-1-2-6-16(13)19;1-2/h1-2,5-6,8-10H,3-4,7H2;2H2,1H3. The molecule has 2 heterocycles. The second-order valence-corrected chi connectivity index (χ2v) is 5.28. The van der Waals surface area contributed by atoms with E-state index in [0.29, 0.717) is 5.56 Å². The third-order valence-corrected chi connectivity index (χ3v) is 4.03. The minimum atomic E-state index is -0.267. The Labute approximate surface area is 128 Å². The number of halogens is 2. The van der Waals surface area contributed by atoms with Crippen LogP contribution < -0.4 is 5.73 Å². The number of nitrogens with two attached hydrogens (primary N) is 1. The molecule has 0 spiro atoms. The Kier molecular flexibility index (Phi) is 3.94. The Hall–Kier alpha value is -2.20. The summed E-state index contributed by atoms with van der Waals surface area (Å²) >= 11 is 0. The first kappa shape index (κ1) is 14.7. The fourth-order valence-electron chi connectivity index (χ4n) is 3.19. The fourth-order valence-corrected chi connectivity index (χ4v) is 3.19. The van der Waals surface area contributed by atoms with Crippen LogP contribution in [0.5, 0.6) is 0 Å². The predicted molar refractivity (Wildman–Crippen MR) is 85.7 cm³/mol. The SMILES string of the molecule is CN.Fc1cc2c3c(c1)c(-c1ccccc1F)cn3CCC2. The molecule has 22 heavy (non-hydrogen) atoms. The Morgan fingerprint density at radius 3 is 2.59 bits per heavy atom. The van der Waals surface area contributed by atoms with Crippen LogP contribution in [0.25, 0.3) is 22.0 Å². The summed E-state index contributed by atoms with van der Waals surface area (Å²) in [5.41, 5.74) is 7.89. The van der Waals surface area contributed by atoms with E-state index in [0.717, 1.165) is 41.4 Å². The van der Waals surface area contributed by atoms with Crippen molar-refractivity contribution in [1.29, 1.82) is 0 Å². The highest BCUT2D eigenvalue weighted by atomic mass is 19.1. The zero-order valence-electron chi connectivity index (χ0n) is 12.4. The lowest BCUT2D eigenvalue weighted by Crippen LogP contribution is -2.06. The van der Waals surface area contributed by atoms with Crippen LogP contribution in [-0.4, -0.2) is 11.6 Å². The highest BCUT2D eigenvalue weighted by molar-refractivity contribution is 5.98. The van der Waals surface area contributed by atoms with E-state index in [1.165, 1.54) is 19.2 Å². The molecule has 1 aromatic heterocycles. The van der Waals surface area contributed by atoms with E-state index in [-0.39, 0.29) is 11.6 Å². The summed E-state index contributed by atoms with van der Waals surface area (Å²) in [6, 6.07) is 9.78. The molecule has 0 radical (unpaired) electrons. The van der Waals surface area contributed by atoms with Gasteiger partial charge in [-0.2, -0.15) is 0 Å². The van der Waals surface area contributed by atoms with Gasteiger partial charge in [-0.25, -0.2) is 8.78 Å². The van der Waals surface area contributed by atoms with Crippen LogP contribution >= 0.6 is 0 Å². The number of hydrogen-bond acceptors (Lipinski definition) is 1. The van der Waals surface area contributed by atoms with Crippen LogP contribution in [0.15, 0.2) is 42.6 Å². The van der Waals surface area contributed by atoms with Crippen LogP contribution in [0.1, 0.15) is 12.0 Å². The van der Waals surface area contributed by atoms with Crippen LogP contribution in [0, 0.1) is 11.6 Å². The van der Waals surface area contributed by atoms with E-state index < -0.39 is 0 Å². The van der Waals surface area contributed by atoms with E-state index in [2.05, 4.69) is 10.3 Å². The maximum absolute atomic E-state index is 14.0. The molecule has 0 atom stereocenters. The molecule has 2 N–H and O–H groups in total. The van der Waals surface area contributed by atoms with Gasteiger partial charge in [0, 0.05) is 29.3 Å². The number of benzene rings is 2. The van der Waals surface area contributed by atoms with Gasteiger partial charge in [0.25, 0.3) is 0 Å². The minimum Gasteiger partial charge on any atom is -0.347 e. The molecular weight excluding hydrogens is 282 g/mol. The Bertz CT molecular complexity index is 821. The summed E-state index contributed by atoms with van der Waals surface area (Å²) in [7, 11) is 1.50. The highest BCUT2D eigenvalue weighted by Crippen LogP contribution is 2.36. The fraction of sp³-hybridized carbons (Fsp3) is 0.222. The molecular formula is C18H18F2N2. The molecule has 2 nitrogen and oxygen atoms in total. The Morgan fingerprint density at radius 1 is 1.05 bits per heavy atom. The molecule has 0 unspecified atom stereocenters. The van der Waals surface area contributed by atoms with Crippen LogP contribution in [0.4, 0.5) is 8.78 Å². The van der Waals surface area contributed by atoms with E-state index >= 15 is 0 Å². The summed E-state index contributed by atoms with van der Waals surface area (Å²) in [6.07, 6.45) is 3.83. The Morgan fingerprint density at radius 2 is 1.82 bits per heavy atom. The van der Waals surface area contributed by atoms with Gasteiger partial charge in [-0.05, 0) is 43.7 Å². The van der Waals surface area contributed by atoms with Crippen molar-refractivity contribution in [2.75, 3.05) is 7.05 Å². The zero-order chi connectivity index (χ0) is 15.7. The lowest BCUT2D eigenvalue weighted by molar-refractivity contribution is 0.611. The van der Waals surface area contributed by atoms with E-state index in [4.69, 9.17) is 0 Å². The first-order valence-corrected chi connectivity index (χ1v) is 7.38. The molecule has 0 aliphatic carbocycles. The minimum absolute atomic E-state index is 0.246. The van der Waals surface area contributed by atoms with Gasteiger partial charge >= 0.3 is 0 Å². The number of aryl methyl sites for hydroxylation is 2. The van der Waals surface area contributed by atoms with Crippen molar-refractivity contribution in [1.82, 2.24) is 4.57 Å². The topological polar surface area (TPSA) is 30.9 Å². The Balaban J connectivity index is 0.000000693. The molecule has 0 saturated heterocycles. The third-order valence-electron chi connectivity index (χ3n) is 4.03. The summed E-state index contributed by atoms with van der Waals surface area (Å²) < 4.78 is 30.0. The van der Waals surface area contributed by atoms with Crippen molar-refractivity contribution in [3.8, 4) is 11.1 Å². The van der Waals surface area contributed by atoms with Crippen molar-refractivity contribution in [2.45, 2.75) is 19.4 Å². The van der Waals surface area contributed by atoms with Crippen molar-refractivity contribution < 1.29 is 8.78 Å². The predicted octanol–water partition coefficient (Wildman–Crippen LogP) is 4.11. The maximum Gasteiger partial charge on any atom is 0.131 e. The molecule has 114 valence electrons. The molecule has 0 fully saturated rings. The summed E-state index contributed by atoms with van der Waals surface area (Å²) in [5, 5.41) is 0.810. The number of aromatic nitrogens is 1. The maximum atomic E-state index is 14.0. The van der Waals surface area contributed by atoms with Gasteiger partial charge in [-0.3, -0.25) is 0 Å². The quantitative estimate of drug-likeness (QED) is 0.720. The molecule has 4 rings (SSSR count). The average molecular weight is 300 g/mol. The molecule has 3 aromatic rings. The van der Waals surface area contributed by atoms with Gasteiger partial charge in [0.05, 0.1) is 5.52 Å². The average Bonchev–Trinajstić information content (AvgIpc) is 2.90. The number of rotatable bonds is 1. The van der Waals surface area contributed by atoms with Crippen molar-refractivity contribution in [2.24, 2.45) is 5.73 Å². The molecule has 0 saturated carbocycles.